The number of benzene rings is 1. The molecule has 1 fully saturated rings. The zero-order valence-electron chi connectivity index (χ0n) is 11.9. The second-order valence-corrected chi connectivity index (χ2v) is 5.66. The van der Waals surface area contributed by atoms with Gasteiger partial charge in [0.25, 0.3) is 5.91 Å². The van der Waals surface area contributed by atoms with Gasteiger partial charge in [0.2, 0.25) is 0 Å². The number of amides is 1. The molecule has 0 radical (unpaired) electrons. The van der Waals surface area contributed by atoms with Gasteiger partial charge in [0, 0.05) is 13.1 Å². The Balaban J connectivity index is 2.31. The van der Waals surface area contributed by atoms with Gasteiger partial charge in [0.15, 0.2) is 11.6 Å². The lowest BCUT2D eigenvalue weighted by Gasteiger charge is -2.19. The monoisotopic (exact) mass is 297 g/mol. The molecule has 21 heavy (non-hydrogen) atoms. The van der Waals surface area contributed by atoms with E-state index in [2.05, 4.69) is 13.8 Å². The number of nitrogens with zero attached hydrogens (tertiary/aromatic N) is 1. The maximum absolute atomic E-state index is 13.3. The molecule has 0 spiro atoms. The van der Waals surface area contributed by atoms with E-state index < -0.39 is 29.1 Å². The molecule has 1 heterocycles. The molecule has 2 rings (SSSR count). The van der Waals surface area contributed by atoms with Crippen LogP contribution in [0, 0.1) is 23.5 Å². The fourth-order valence-corrected chi connectivity index (χ4v) is 2.59. The Labute approximate surface area is 121 Å². The van der Waals surface area contributed by atoms with Gasteiger partial charge in [0.05, 0.1) is 11.1 Å². The third-order valence-corrected chi connectivity index (χ3v) is 3.98. The van der Waals surface area contributed by atoms with Gasteiger partial charge in [-0.2, -0.15) is 0 Å². The number of hydrogen-bond acceptors (Lipinski definition) is 2. The van der Waals surface area contributed by atoms with Gasteiger partial charge in [-0.3, -0.25) is 4.79 Å². The van der Waals surface area contributed by atoms with Crippen LogP contribution in [0.3, 0.4) is 0 Å². The molecule has 114 valence electrons. The van der Waals surface area contributed by atoms with Crippen LogP contribution in [-0.4, -0.2) is 35.0 Å². The summed E-state index contributed by atoms with van der Waals surface area (Å²) in [5.74, 6) is -3.75. The molecule has 1 aromatic rings. The Morgan fingerprint density at radius 1 is 1.24 bits per heavy atom. The fraction of sp³-hybridized carbons (Fsp3) is 0.467. The molecule has 1 unspecified atom stereocenters. The molecule has 1 aliphatic rings. The van der Waals surface area contributed by atoms with Crippen LogP contribution in [0.5, 0.6) is 0 Å². The number of carboxylic acids is 1. The number of hydrogen-bond donors (Lipinski definition) is 1. The lowest BCUT2D eigenvalue weighted by Crippen LogP contribution is -2.31. The molecule has 0 saturated carbocycles. The Hall–Kier alpha value is -1.98. The second-order valence-electron chi connectivity index (χ2n) is 5.66. The Bertz CT molecular complexity index is 587. The molecule has 0 aromatic heterocycles. The molecule has 0 bridgehead atoms. The first-order valence-corrected chi connectivity index (χ1v) is 6.83. The van der Waals surface area contributed by atoms with Crippen molar-refractivity contribution in [2.45, 2.75) is 20.3 Å². The number of halogens is 2. The van der Waals surface area contributed by atoms with E-state index in [1.54, 1.807) is 0 Å². The smallest absolute Gasteiger partial charge is 0.336 e. The van der Waals surface area contributed by atoms with E-state index in [4.69, 9.17) is 5.11 Å². The lowest BCUT2D eigenvalue weighted by molar-refractivity contribution is 0.0679. The van der Waals surface area contributed by atoms with Crippen molar-refractivity contribution >= 4 is 11.9 Å². The predicted octanol–water partition coefficient (Wildman–Crippen LogP) is 2.78. The highest BCUT2D eigenvalue weighted by molar-refractivity contribution is 6.04. The van der Waals surface area contributed by atoms with Gasteiger partial charge in [0.1, 0.15) is 0 Å². The molecule has 1 aliphatic heterocycles. The third-order valence-electron chi connectivity index (χ3n) is 3.98. The zero-order chi connectivity index (χ0) is 15.7. The van der Waals surface area contributed by atoms with E-state index in [1.807, 2.05) is 0 Å². The van der Waals surface area contributed by atoms with Gasteiger partial charge in [-0.25, -0.2) is 13.6 Å². The summed E-state index contributed by atoms with van der Waals surface area (Å²) < 4.78 is 26.5. The van der Waals surface area contributed by atoms with Crippen LogP contribution in [-0.2, 0) is 0 Å². The highest BCUT2D eigenvalue weighted by Crippen LogP contribution is 2.26. The van der Waals surface area contributed by atoms with Crippen molar-refractivity contribution in [2.24, 2.45) is 11.8 Å². The minimum Gasteiger partial charge on any atom is -0.478 e. The van der Waals surface area contributed by atoms with Crippen LogP contribution < -0.4 is 0 Å². The summed E-state index contributed by atoms with van der Waals surface area (Å²) in [6, 6.07) is 1.23. The molecule has 1 aromatic carbocycles. The number of likely N-dealkylation sites (tertiary alicyclic amines) is 1. The summed E-state index contributed by atoms with van der Waals surface area (Å²) in [5, 5.41) is 9.05. The minimum absolute atomic E-state index is 0.300. The average Bonchev–Trinajstić information content (AvgIpc) is 2.90. The maximum Gasteiger partial charge on any atom is 0.336 e. The SMILES string of the molecule is CC(C)C1CCN(C(=O)c2cc(F)c(F)cc2C(=O)O)C1. The van der Waals surface area contributed by atoms with Gasteiger partial charge in [-0.05, 0) is 30.4 Å². The quantitative estimate of drug-likeness (QED) is 0.933. The largest absolute Gasteiger partial charge is 0.478 e. The maximum atomic E-state index is 13.3. The number of carbonyl (C=O) groups excluding carboxylic acids is 1. The molecule has 1 amide bonds. The summed E-state index contributed by atoms with van der Waals surface area (Å²) in [7, 11) is 0. The summed E-state index contributed by atoms with van der Waals surface area (Å²) in [6.07, 6.45) is 0.829. The van der Waals surface area contributed by atoms with Crippen LogP contribution in [0.2, 0.25) is 0 Å². The number of carbonyl (C=O) groups is 2. The molecule has 1 atom stereocenters. The number of rotatable bonds is 3. The van der Waals surface area contributed by atoms with Crippen molar-refractivity contribution in [1.29, 1.82) is 0 Å². The standard InChI is InChI=1S/C15H17F2NO3/c1-8(2)9-3-4-18(7-9)14(19)10-5-12(16)13(17)6-11(10)15(20)21/h5-6,8-9H,3-4,7H2,1-2H3,(H,20,21). The highest BCUT2D eigenvalue weighted by Gasteiger charge is 2.31. The first kappa shape index (κ1) is 15.4. The minimum atomic E-state index is -1.45. The lowest BCUT2D eigenvalue weighted by atomic mass is 9.95. The highest BCUT2D eigenvalue weighted by atomic mass is 19.2. The first-order chi connectivity index (χ1) is 9.81. The Morgan fingerprint density at radius 2 is 1.81 bits per heavy atom. The van der Waals surface area contributed by atoms with Crippen LogP contribution in [0.4, 0.5) is 8.78 Å². The Morgan fingerprint density at radius 3 is 2.29 bits per heavy atom. The van der Waals surface area contributed by atoms with Gasteiger partial charge >= 0.3 is 5.97 Å². The van der Waals surface area contributed by atoms with Crippen molar-refractivity contribution in [2.75, 3.05) is 13.1 Å². The normalized spacial score (nSPS) is 18.3. The van der Waals surface area contributed by atoms with Gasteiger partial charge < -0.3 is 10.0 Å². The van der Waals surface area contributed by atoms with E-state index in [0.29, 0.717) is 37.1 Å². The van der Waals surface area contributed by atoms with E-state index >= 15 is 0 Å². The van der Waals surface area contributed by atoms with E-state index in [-0.39, 0.29) is 5.56 Å². The Kier molecular flexibility index (Phi) is 4.25. The number of carboxylic acid groups (broad SMARTS) is 1. The van der Waals surface area contributed by atoms with Crippen molar-refractivity contribution in [3.8, 4) is 0 Å². The summed E-state index contributed by atoms with van der Waals surface area (Å²) in [6.45, 7) is 5.12. The van der Waals surface area contributed by atoms with Crippen molar-refractivity contribution in [3.05, 3.63) is 34.9 Å². The van der Waals surface area contributed by atoms with Crippen LogP contribution in [0.15, 0.2) is 12.1 Å². The van der Waals surface area contributed by atoms with Crippen LogP contribution in [0.1, 0.15) is 41.0 Å². The van der Waals surface area contributed by atoms with Gasteiger partial charge in [-0.15, -0.1) is 0 Å². The molecule has 1 saturated heterocycles. The summed E-state index contributed by atoms with van der Waals surface area (Å²) in [4.78, 5) is 25.0. The molecule has 0 aliphatic carbocycles. The van der Waals surface area contributed by atoms with Crippen molar-refractivity contribution < 1.29 is 23.5 Å². The first-order valence-electron chi connectivity index (χ1n) is 6.83. The van der Waals surface area contributed by atoms with E-state index in [1.165, 1.54) is 4.90 Å². The molecule has 4 nitrogen and oxygen atoms in total. The van der Waals surface area contributed by atoms with Gasteiger partial charge in [-0.1, -0.05) is 13.8 Å². The van der Waals surface area contributed by atoms with Crippen LogP contribution >= 0.6 is 0 Å². The molecular formula is C15H17F2NO3. The third kappa shape index (κ3) is 3.04. The summed E-state index contributed by atoms with van der Waals surface area (Å²) in [5.41, 5.74) is -0.808. The predicted molar refractivity (Wildman–Crippen MR) is 72.2 cm³/mol. The average molecular weight is 297 g/mol. The zero-order valence-corrected chi connectivity index (χ0v) is 11.9. The fourth-order valence-electron chi connectivity index (χ4n) is 2.59. The number of aromatic carboxylic acids is 1. The molecule has 6 heteroatoms. The topological polar surface area (TPSA) is 57.6 Å². The second kappa shape index (κ2) is 5.79. The van der Waals surface area contributed by atoms with E-state index in [0.717, 1.165) is 6.42 Å². The molecular weight excluding hydrogens is 280 g/mol. The van der Waals surface area contributed by atoms with E-state index in [9.17, 15) is 18.4 Å². The van der Waals surface area contributed by atoms with Crippen molar-refractivity contribution in [1.82, 2.24) is 4.90 Å². The summed E-state index contributed by atoms with van der Waals surface area (Å²) >= 11 is 0. The van der Waals surface area contributed by atoms with Crippen LogP contribution in [0.25, 0.3) is 0 Å². The molecule has 1 N–H and O–H groups in total. The van der Waals surface area contributed by atoms with Crippen molar-refractivity contribution in [3.63, 3.8) is 0 Å².